The summed E-state index contributed by atoms with van der Waals surface area (Å²) in [6.07, 6.45) is 10.0. The van der Waals surface area contributed by atoms with Gasteiger partial charge in [0, 0.05) is 26.1 Å². The molecule has 2 unspecified atom stereocenters. The zero-order chi connectivity index (χ0) is 41.8. The molecule has 0 bridgehead atoms. The minimum Gasteiger partial charge on any atom is -0.375 e. The van der Waals surface area contributed by atoms with Gasteiger partial charge >= 0.3 is 0 Å². The Kier molecular flexibility index (Phi) is 9.29. The third-order valence-electron chi connectivity index (χ3n) is 15.2. The summed E-state index contributed by atoms with van der Waals surface area (Å²) in [5.74, 6) is -1.37. The second kappa shape index (κ2) is 14.6. The average Bonchev–Trinajstić information content (AvgIpc) is 3.85. The number of imide groups is 2. The van der Waals surface area contributed by atoms with E-state index in [1.807, 2.05) is 17.0 Å². The maximum Gasteiger partial charge on any atom is 0.282 e. The van der Waals surface area contributed by atoms with Crippen LogP contribution in [-0.2, 0) is 19.7 Å². The molecule has 3 aromatic carbocycles. The van der Waals surface area contributed by atoms with Crippen molar-refractivity contribution >= 4 is 51.8 Å². The maximum atomic E-state index is 15.6. The Balaban J connectivity index is 0.731. The number of anilines is 1. The molecule has 11 rings (SSSR count). The van der Waals surface area contributed by atoms with E-state index in [-0.39, 0.29) is 46.2 Å². The van der Waals surface area contributed by atoms with E-state index in [1.165, 1.54) is 23.6 Å². The molecule has 1 aliphatic carbocycles. The number of halogens is 2. The van der Waals surface area contributed by atoms with Gasteiger partial charge in [-0.2, -0.15) is 4.98 Å². The number of ether oxygens (including phenoxy) is 1. The molecule has 5 fully saturated rings. The van der Waals surface area contributed by atoms with E-state index in [4.69, 9.17) is 21.3 Å². The van der Waals surface area contributed by atoms with Gasteiger partial charge < -0.3 is 14.5 Å². The van der Waals surface area contributed by atoms with Crippen molar-refractivity contribution in [2.45, 2.75) is 100 Å². The molecule has 1 N–H and O–H groups in total. The Morgan fingerprint density at radius 1 is 0.852 bits per heavy atom. The van der Waals surface area contributed by atoms with Gasteiger partial charge in [0.25, 0.3) is 17.4 Å². The molecule has 4 aromatic rings. The molecule has 2 atom stereocenters. The van der Waals surface area contributed by atoms with Gasteiger partial charge in [0.2, 0.25) is 11.8 Å². The number of carbonyl (C=O) groups is 4. The predicted octanol–water partition coefficient (Wildman–Crippen LogP) is 6.40. The fourth-order valence-electron chi connectivity index (χ4n) is 12.0. The van der Waals surface area contributed by atoms with Gasteiger partial charge in [-0.05, 0) is 118 Å². The minimum absolute atomic E-state index is 0.0201. The monoisotopic (exact) mass is 846 g/mol. The molecule has 1 saturated carbocycles. The first-order chi connectivity index (χ1) is 29.5. The van der Waals surface area contributed by atoms with E-state index in [9.17, 15) is 24.0 Å². The first kappa shape index (κ1) is 38.9. The van der Waals surface area contributed by atoms with Crippen LogP contribution in [0.3, 0.4) is 0 Å². The van der Waals surface area contributed by atoms with E-state index < -0.39 is 35.5 Å². The topological polar surface area (TPSA) is 134 Å². The Morgan fingerprint density at radius 2 is 1.61 bits per heavy atom. The molecule has 4 saturated heterocycles. The van der Waals surface area contributed by atoms with Crippen LogP contribution in [0.5, 0.6) is 0 Å². The standard InChI is InChI=1S/C47H48ClFN6O6/c48-33-5-4-6-35-40(33)42(58)51-45-47(13-2-1-3-14-47)32-8-7-29(21-37(32)54(35)45)28-11-17-52(18-12-28)25-27-24-46(61-26-27)15-19-53(20-16-46)38-23-31-30(22-34(38)49)43(59)55(44(31)60)36-9-10-39(56)50-41(36)57/h4-8,21-23,27-28,36H,1-3,9-20,24-26H2,(H,50,56,57). The molecule has 2 spiro atoms. The van der Waals surface area contributed by atoms with Gasteiger partial charge in [-0.15, -0.1) is 0 Å². The summed E-state index contributed by atoms with van der Waals surface area (Å²) in [4.78, 5) is 74.4. The summed E-state index contributed by atoms with van der Waals surface area (Å²) in [7, 11) is 0. The Morgan fingerprint density at radius 3 is 2.36 bits per heavy atom. The van der Waals surface area contributed by atoms with Gasteiger partial charge in [0.05, 0.1) is 56.1 Å². The van der Waals surface area contributed by atoms with E-state index >= 15 is 4.39 Å². The first-order valence-electron chi connectivity index (χ1n) is 22.1. The highest BCUT2D eigenvalue weighted by Gasteiger charge is 2.49. The summed E-state index contributed by atoms with van der Waals surface area (Å²) in [5, 5.41) is 3.12. The zero-order valence-corrected chi connectivity index (χ0v) is 34.8. The number of hydrogen-bond acceptors (Lipinski definition) is 9. The van der Waals surface area contributed by atoms with Crippen LogP contribution < -0.4 is 15.8 Å². The van der Waals surface area contributed by atoms with E-state index in [0.29, 0.717) is 41.9 Å². The molecule has 7 aliphatic rings. The highest BCUT2D eigenvalue weighted by molar-refractivity contribution is 6.35. The van der Waals surface area contributed by atoms with Crippen molar-refractivity contribution in [3.63, 3.8) is 0 Å². The number of fused-ring (bicyclic) bond motifs is 8. The number of amides is 4. The van der Waals surface area contributed by atoms with Crippen LogP contribution in [0, 0.1) is 11.7 Å². The SMILES string of the molecule is O=C1CCC(N2C(=O)c3cc(F)c(N4CCC5(CC4)CC(CN4CCC(c6ccc7c(c6)-n6c(nc(=O)c8c(Cl)cccc86)C76CCCCC6)CC4)CO5)cc3C2=O)C(=O)N1. The second-order valence-corrected chi connectivity index (χ2v) is 19.0. The quantitative estimate of drug-likeness (QED) is 0.227. The van der Waals surface area contributed by atoms with Crippen LogP contribution in [-0.4, -0.2) is 94.0 Å². The number of benzene rings is 3. The van der Waals surface area contributed by atoms with Crippen LogP contribution in [0.2, 0.25) is 5.02 Å². The fraction of sp³-hybridized carbons (Fsp3) is 0.489. The van der Waals surface area contributed by atoms with Crippen LogP contribution >= 0.6 is 11.6 Å². The van der Waals surface area contributed by atoms with Crippen molar-refractivity contribution in [1.82, 2.24) is 24.7 Å². The molecule has 12 nitrogen and oxygen atoms in total. The molecule has 61 heavy (non-hydrogen) atoms. The highest BCUT2D eigenvalue weighted by atomic mass is 35.5. The number of nitrogens with one attached hydrogen (secondary N) is 1. The third-order valence-corrected chi connectivity index (χ3v) is 15.5. The van der Waals surface area contributed by atoms with Gasteiger partial charge in [-0.3, -0.25) is 38.8 Å². The summed E-state index contributed by atoms with van der Waals surface area (Å²) in [6, 6.07) is 14.2. The molecular weight excluding hydrogens is 799 g/mol. The van der Waals surface area contributed by atoms with Crippen LogP contribution in [0.1, 0.15) is 121 Å². The first-order valence-corrected chi connectivity index (χ1v) is 22.4. The van der Waals surface area contributed by atoms with Gasteiger partial charge in [-0.25, -0.2) is 4.39 Å². The maximum absolute atomic E-state index is 15.6. The number of piperidine rings is 3. The zero-order valence-electron chi connectivity index (χ0n) is 34.0. The molecule has 7 heterocycles. The normalized spacial score (nSPS) is 24.8. The smallest absolute Gasteiger partial charge is 0.282 e. The van der Waals surface area contributed by atoms with Crippen molar-refractivity contribution in [2.24, 2.45) is 5.92 Å². The number of rotatable bonds is 5. The molecule has 4 amide bonds. The summed E-state index contributed by atoms with van der Waals surface area (Å²) in [6.45, 7) is 4.78. The second-order valence-electron chi connectivity index (χ2n) is 18.6. The molecule has 14 heteroatoms. The number of aromatic nitrogens is 2. The van der Waals surface area contributed by atoms with Crippen molar-refractivity contribution in [3.05, 3.63) is 97.8 Å². The van der Waals surface area contributed by atoms with Crippen molar-refractivity contribution in [1.29, 1.82) is 0 Å². The van der Waals surface area contributed by atoms with Gasteiger partial charge in [0.1, 0.15) is 17.7 Å². The molecular formula is C47H48ClFN6O6. The average molecular weight is 847 g/mol. The minimum atomic E-state index is -1.10. The van der Waals surface area contributed by atoms with E-state index in [0.717, 1.165) is 105 Å². The number of nitrogens with zero attached hydrogens (tertiary/aromatic N) is 5. The molecule has 0 radical (unpaired) electrons. The molecule has 1 aromatic heterocycles. The van der Waals surface area contributed by atoms with Gasteiger partial charge in [-0.1, -0.05) is 49.1 Å². The third kappa shape index (κ3) is 6.19. The number of hydrogen-bond donors (Lipinski definition) is 1. The lowest BCUT2D eigenvalue weighted by molar-refractivity contribution is -0.136. The van der Waals surface area contributed by atoms with Crippen LogP contribution in [0.4, 0.5) is 10.1 Å². The predicted molar refractivity (Wildman–Crippen MR) is 226 cm³/mol. The van der Waals surface area contributed by atoms with Crippen LogP contribution in [0.25, 0.3) is 16.6 Å². The van der Waals surface area contributed by atoms with Crippen molar-refractivity contribution in [2.75, 3.05) is 44.2 Å². The van der Waals surface area contributed by atoms with E-state index in [2.05, 4.69) is 33.0 Å². The lowest BCUT2D eigenvalue weighted by Crippen LogP contribution is -2.54. The van der Waals surface area contributed by atoms with Crippen molar-refractivity contribution in [3.8, 4) is 5.69 Å². The number of carbonyl (C=O) groups excluding carboxylic acids is 4. The fourth-order valence-corrected chi connectivity index (χ4v) is 12.3. The lowest BCUT2D eigenvalue weighted by Gasteiger charge is -2.40. The Labute approximate surface area is 357 Å². The van der Waals surface area contributed by atoms with Crippen LogP contribution in [0.15, 0.2) is 53.3 Å². The largest absolute Gasteiger partial charge is 0.375 e. The molecule has 316 valence electrons. The number of likely N-dealkylation sites (tertiary alicyclic amines) is 1. The summed E-state index contributed by atoms with van der Waals surface area (Å²) < 4.78 is 24.4. The Hall–Kier alpha value is -4.98. The highest BCUT2D eigenvalue weighted by Crippen LogP contribution is 2.52. The summed E-state index contributed by atoms with van der Waals surface area (Å²) >= 11 is 6.61. The van der Waals surface area contributed by atoms with Gasteiger partial charge in [0.15, 0.2) is 0 Å². The summed E-state index contributed by atoms with van der Waals surface area (Å²) in [5.41, 5.74) is 4.14. The molecule has 6 aliphatic heterocycles. The van der Waals surface area contributed by atoms with E-state index in [1.54, 1.807) is 6.07 Å². The van der Waals surface area contributed by atoms with Crippen molar-refractivity contribution < 1.29 is 28.3 Å². The Bertz CT molecular complexity index is 2610. The lowest BCUT2D eigenvalue weighted by atomic mass is 9.69.